The van der Waals surface area contributed by atoms with Crippen molar-refractivity contribution < 1.29 is 13.2 Å². The number of hydrogen-bond acceptors (Lipinski definition) is 3. The van der Waals surface area contributed by atoms with Crippen LogP contribution in [-0.4, -0.2) is 38.0 Å². The normalized spacial score (nSPS) is 11.5. The fourth-order valence-electron chi connectivity index (χ4n) is 2.32. The van der Waals surface area contributed by atoms with E-state index < -0.39 is 10.0 Å². The highest BCUT2D eigenvalue weighted by Crippen LogP contribution is 2.12. The number of hydrogen-bond donors (Lipinski definition) is 1. The van der Waals surface area contributed by atoms with Crippen LogP contribution in [0.25, 0.3) is 0 Å². The van der Waals surface area contributed by atoms with Gasteiger partial charge in [-0.1, -0.05) is 41.9 Å². The number of halogens is 1. The monoisotopic (exact) mass is 380 g/mol. The van der Waals surface area contributed by atoms with Crippen molar-refractivity contribution in [2.75, 3.05) is 24.7 Å². The van der Waals surface area contributed by atoms with Gasteiger partial charge >= 0.3 is 0 Å². The molecule has 0 fully saturated rings. The topological polar surface area (TPSA) is 66.5 Å². The van der Waals surface area contributed by atoms with Gasteiger partial charge in [0, 0.05) is 30.2 Å². The summed E-state index contributed by atoms with van der Waals surface area (Å²) in [5, 5.41) is 3.39. The molecule has 5 nitrogen and oxygen atoms in total. The van der Waals surface area contributed by atoms with Crippen molar-refractivity contribution in [1.82, 2.24) is 4.31 Å². The van der Waals surface area contributed by atoms with Crippen molar-refractivity contribution in [3.8, 4) is 0 Å². The number of para-hydroxylation sites is 1. The second kappa shape index (κ2) is 8.99. The summed E-state index contributed by atoms with van der Waals surface area (Å²) in [6.07, 6.45) is 1.82. The van der Waals surface area contributed by atoms with E-state index in [0.717, 1.165) is 11.8 Å². The Kier molecular flexibility index (Phi) is 6.99. The van der Waals surface area contributed by atoms with Crippen LogP contribution in [0.1, 0.15) is 12.0 Å². The molecule has 0 aromatic heterocycles. The minimum Gasteiger partial charge on any atom is -0.326 e. The van der Waals surface area contributed by atoms with Gasteiger partial charge in [-0.2, -0.15) is 0 Å². The van der Waals surface area contributed by atoms with Gasteiger partial charge in [0.1, 0.15) is 0 Å². The molecule has 0 spiro atoms. The van der Waals surface area contributed by atoms with E-state index in [4.69, 9.17) is 11.6 Å². The Hall–Kier alpha value is -1.89. The molecule has 0 aliphatic heterocycles. The van der Waals surface area contributed by atoms with Gasteiger partial charge in [-0.25, -0.2) is 12.7 Å². The van der Waals surface area contributed by atoms with Gasteiger partial charge in [-0.15, -0.1) is 0 Å². The molecule has 7 heteroatoms. The molecule has 0 saturated heterocycles. The molecule has 0 radical (unpaired) electrons. The van der Waals surface area contributed by atoms with Crippen LogP contribution in [0.2, 0.25) is 5.02 Å². The first-order valence-electron chi connectivity index (χ1n) is 7.89. The molecule has 25 heavy (non-hydrogen) atoms. The predicted molar refractivity (Wildman–Crippen MR) is 101 cm³/mol. The molecule has 0 unspecified atom stereocenters. The van der Waals surface area contributed by atoms with Gasteiger partial charge in [-0.3, -0.25) is 4.79 Å². The Balaban J connectivity index is 1.89. The van der Waals surface area contributed by atoms with Gasteiger partial charge in [0.05, 0.1) is 6.26 Å². The van der Waals surface area contributed by atoms with Crippen LogP contribution in [0.4, 0.5) is 5.69 Å². The lowest BCUT2D eigenvalue weighted by Crippen LogP contribution is -2.34. The second-order valence-corrected chi connectivity index (χ2v) is 8.12. The van der Waals surface area contributed by atoms with Crippen LogP contribution in [0.15, 0.2) is 54.6 Å². The number of rotatable bonds is 8. The van der Waals surface area contributed by atoms with E-state index in [1.807, 2.05) is 30.3 Å². The van der Waals surface area contributed by atoms with Gasteiger partial charge < -0.3 is 5.32 Å². The SMILES string of the molecule is CS(=O)(=O)N(CCC(=O)Nc1ccccc1)CCc1ccc(Cl)cc1. The zero-order valence-electron chi connectivity index (χ0n) is 14.0. The highest BCUT2D eigenvalue weighted by atomic mass is 35.5. The van der Waals surface area contributed by atoms with E-state index in [0.29, 0.717) is 23.7 Å². The Labute approximate surface area is 153 Å². The zero-order valence-corrected chi connectivity index (χ0v) is 15.6. The van der Waals surface area contributed by atoms with Crippen LogP contribution in [0, 0.1) is 0 Å². The number of nitrogens with zero attached hydrogens (tertiary/aromatic N) is 1. The van der Waals surface area contributed by atoms with Crippen LogP contribution in [0.3, 0.4) is 0 Å². The summed E-state index contributed by atoms with van der Waals surface area (Å²) in [5.74, 6) is -0.216. The van der Waals surface area contributed by atoms with E-state index in [1.54, 1.807) is 24.3 Å². The van der Waals surface area contributed by atoms with Gasteiger partial charge in [0.2, 0.25) is 15.9 Å². The molecule has 134 valence electrons. The first kappa shape index (κ1) is 19.4. The zero-order chi connectivity index (χ0) is 18.3. The molecule has 2 aromatic carbocycles. The molecular weight excluding hydrogens is 360 g/mol. The molecular formula is C18H21ClN2O3S. The van der Waals surface area contributed by atoms with Crippen LogP contribution in [-0.2, 0) is 21.2 Å². The molecule has 0 heterocycles. The molecule has 0 aliphatic carbocycles. The fraction of sp³-hybridized carbons (Fsp3) is 0.278. The van der Waals surface area contributed by atoms with Crippen molar-refractivity contribution in [3.63, 3.8) is 0 Å². The molecule has 0 saturated carbocycles. The first-order valence-corrected chi connectivity index (χ1v) is 10.1. The lowest BCUT2D eigenvalue weighted by molar-refractivity contribution is -0.116. The maximum Gasteiger partial charge on any atom is 0.225 e. The summed E-state index contributed by atoms with van der Waals surface area (Å²) in [6.45, 7) is 0.462. The summed E-state index contributed by atoms with van der Waals surface area (Å²) < 4.78 is 25.2. The standard InChI is InChI=1S/C18H21ClN2O3S/c1-25(23,24)21(13-11-15-7-9-16(19)10-8-15)14-12-18(22)20-17-5-3-2-4-6-17/h2-10H,11-14H2,1H3,(H,20,22). The van der Waals surface area contributed by atoms with E-state index in [2.05, 4.69) is 5.32 Å². The smallest absolute Gasteiger partial charge is 0.225 e. The predicted octanol–water partition coefficient (Wildman–Crippen LogP) is 3.17. The third-order valence-corrected chi connectivity index (χ3v) is 5.23. The Bertz CT molecular complexity index is 793. The Morgan fingerprint density at radius 1 is 1.04 bits per heavy atom. The molecule has 1 amide bonds. The third-order valence-electron chi connectivity index (χ3n) is 3.68. The molecule has 0 bridgehead atoms. The van der Waals surface area contributed by atoms with Gasteiger partial charge in [0.25, 0.3) is 0 Å². The number of benzene rings is 2. The lowest BCUT2D eigenvalue weighted by atomic mass is 10.1. The van der Waals surface area contributed by atoms with Crippen LogP contribution in [0.5, 0.6) is 0 Å². The summed E-state index contributed by atoms with van der Waals surface area (Å²) in [6, 6.07) is 16.4. The first-order chi connectivity index (χ1) is 11.8. The average Bonchev–Trinajstić information content (AvgIpc) is 2.56. The van der Waals surface area contributed by atoms with E-state index in [1.165, 1.54) is 4.31 Å². The van der Waals surface area contributed by atoms with Crippen molar-refractivity contribution >= 4 is 33.2 Å². The molecule has 2 rings (SSSR count). The molecule has 1 N–H and O–H groups in total. The molecule has 2 aromatic rings. The average molecular weight is 381 g/mol. The maximum absolute atomic E-state index is 12.0. The molecule has 0 aliphatic rings. The number of nitrogens with one attached hydrogen (secondary N) is 1. The summed E-state index contributed by atoms with van der Waals surface area (Å²) in [4.78, 5) is 12.0. The molecule has 0 atom stereocenters. The number of anilines is 1. The number of amides is 1. The maximum atomic E-state index is 12.0. The van der Waals surface area contributed by atoms with E-state index in [-0.39, 0.29) is 18.9 Å². The largest absolute Gasteiger partial charge is 0.326 e. The van der Waals surface area contributed by atoms with E-state index >= 15 is 0 Å². The fourth-order valence-corrected chi connectivity index (χ4v) is 3.29. The number of carbonyl (C=O) groups excluding carboxylic acids is 1. The van der Waals surface area contributed by atoms with Crippen molar-refractivity contribution in [2.45, 2.75) is 12.8 Å². The Morgan fingerprint density at radius 2 is 1.68 bits per heavy atom. The van der Waals surface area contributed by atoms with Crippen molar-refractivity contribution in [1.29, 1.82) is 0 Å². The quantitative estimate of drug-likeness (QED) is 0.764. The summed E-state index contributed by atoms with van der Waals surface area (Å²) >= 11 is 5.85. The van der Waals surface area contributed by atoms with Crippen molar-refractivity contribution in [2.24, 2.45) is 0 Å². The summed E-state index contributed by atoms with van der Waals surface area (Å²) in [5.41, 5.74) is 1.69. The van der Waals surface area contributed by atoms with E-state index in [9.17, 15) is 13.2 Å². The van der Waals surface area contributed by atoms with Crippen LogP contribution >= 0.6 is 11.6 Å². The van der Waals surface area contributed by atoms with Crippen LogP contribution < -0.4 is 5.32 Å². The summed E-state index contributed by atoms with van der Waals surface area (Å²) in [7, 11) is -3.38. The van der Waals surface area contributed by atoms with Gasteiger partial charge in [0.15, 0.2) is 0 Å². The Morgan fingerprint density at radius 3 is 2.28 bits per heavy atom. The third kappa shape index (κ3) is 6.86. The highest BCUT2D eigenvalue weighted by Gasteiger charge is 2.17. The van der Waals surface area contributed by atoms with Crippen molar-refractivity contribution in [3.05, 3.63) is 65.2 Å². The van der Waals surface area contributed by atoms with Gasteiger partial charge in [-0.05, 0) is 36.2 Å². The minimum atomic E-state index is -3.38. The highest BCUT2D eigenvalue weighted by molar-refractivity contribution is 7.88. The number of sulfonamides is 1. The second-order valence-electron chi connectivity index (χ2n) is 5.70. The minimum absolute atomic E-state index is 0.0998. The lowest BCUT2D eigenvalue weighted by Gasteiger charge is -2.19. The number of carbonyl (C=O) groups is 1.